The van der Waals surface area contributed by atoms with E-state index >= 15 is 0 Å². The Bertz CT molecular complexity index is 523. The molecule has 86 valence electrons. The highest BCUT2D eigenvalue weighted by atomic mass is 32.2. The maximum absolute atomic E-state index is 11.8. The fourth-order valence-corrected chi connectivity index (χ4v) is 2.17. The van der Waals surface area contributed by atoms with Gasteiger partial charge >= 0.3 is 0 Å². The van der Waals surface area contributed by atoms with Crippen LogP contribution in [-0.2, 0) is 16.7 Å². The summed E-state index contributed by atoms with van der Waals surface area (Å²) in [5.41, 5.74) is 1.50. The maximum Gasteiger partial charge on any atom is 0.266 e. The van der Waals surface area contributed by atoms with Gasteiger partial charge in [-0.1, -0.05) is 18.2 Å². The number of nitrogens with zero attached hydrogens (tertiary/aromatic N) is 1. The van der Waals surface area contributed by atoms with Crippen molar-refractivity contribution in [2.45, 2.75) is 6.54 Å². The second kappa shape index (κ2) is 3.88. The number of hydrogen-bond acceptors (Lipinski definition) is 3. The van der Waals surface area contributed by atoms with Crippen molar-refractivity contribution in [3.8, 4) is 0 Å². The average molecular weight is 241 g/mol. The van der Waals surface area contributed by atoms with Crippen molar-refractivity contribution in [1.82, 2.24) is 4.90 Å². The van der Waals surface area contributed by atoms with Crippen LogP contribution in [0.15, 0.2) is 24.3 Å². The highest BCUT2D eigenvalue weighted by Crippen LogP contribution is 2.21. The van der Waals surface area contributed by atoms with Crippen molar-refractivity contribution in [2.75, 3.05) is 12.3 Å². The minimum atomic E-state index is -4.02. The lowest BCUT2D eigenvalue weighted by atomic mass is 10.1. The van der Waals surface area contributed by atoms with Crippen LogP contribution in [0, 0.1) is 0 Å². The van der Waals surface area contributed by atoms with E-state index in [0.29, 0.717) is 12.1 Å². The van der Waals surface area contributed by atoms with Crippen molar-refractivity contribution in [3.05, 3.63) is 35.4 Å². The normalized spacial score (nSPS) is 15.3. The molecule has 16 heavy (non-hydrogen) atoms. The Morgan fingerprint density at radius 1 is 1.31 bits per heavy atom. The monoisotopic (exact) mass is 241 g/mol. The summed E-state index contributed by atoms with van der Waals surface area (Å²) in [7, 11) is -4.02. The fourth-order valence-electron chi connectivity index (χ4n) is 1.72. The van der Waals surface area contributed by atoms with Crippen LogP contribution in [0.5, 0.6) is 0 Å². The van der Waals surface area contributed by atoms with Crippen LogP contribution in [-0.4, -0.2) is 36.1 Å². The molecule has 0 unspecified atom stereocenters. The minimum absolute atomic E-state index is 0.0202. The van der Waals surface area contributed by atoms with Gasteiger partial charge in [-0.25, -0.2) is 0 Å². The van der Waals surface area contributed by atoms with Crippen LogP contribution in [0.2, 0.25) is 0 Å². The standard InChI is InChI=1S/C10H11NO4S/c12-10-9-4-2-1-3-8(9)7-11(10)5-6-16(13,14)15/h1-4H,5-7H2,(H,13,14,15). The fraction of sp³-hybridized carbons (Fsp3) is 0.300. The number of fused-ring (bicyclic) bond motifs is 1. The second-order valence-corrected chi connectivity index (χ2v) is 5.24. The summed E-state index contributed by atoms with van der Waals surface area (Å²) in [5.74, 6) is -0.605. The Labute approximate surface area is 93.4 Å². The lowest BCUT2D eigenvalue weighted by Crippen LogP contribution is -2.29. The van der Waals surface area contributed by atoms with E-state index in [1.54, 1.807) is 12.1 Å². The second-order valence-electron chi connectivity index (χ2n) is 3.67. The smallest absolute Gasteiger partial charge is 0.266 e. The molecule has 1 aliphatic heterocycles. The SMILES string of the molecule is O=C1c2ccccc2CN1CCS(=O)(=O)O. The average Bonchev–Trinajstić information content (AvgIpc) is 2.53. The van der Waals surface area contributed by atoms with Crippen LogP contribution >= 0.6 is 0 Å². The molecule has 1 amide bonds. The third-order valence-corrected chi connectivity index (χ3v) is 3.21. The van der Waals surface area contributed by atoms with Gasteiger partial charge in [0.15, 0.2) is 0 Å². The lowest BCUT2D eigenvalue weighted by molar-refractivity contribution is 0.0788. The number of amides is 1. The molecule has 0 bridgehead atoms. The van der Waals surface area contributed by atoms with Gasteiger partial charge in [0.05, 0.1) is 5.75 Å². The highest BCUT2D eigenvalue weighted by molar-refractivity contribution is 7.85. The predicted octanol–water partition coefficient (Wildman–Crippen LogP) is 0.530. The van der Waals surface area contributed by atoms with Crippen molar-refractivity contribution in [3.63, 3.8) is 0 Å². The first kappa shape index (κ1) is 11.1. The molecule has 1 N–H and O–H groups in total. The third kappa shape index (κ3) is 2.23. The van der Waals surface area contributed by atoms with Gasteiger partial charge in [-0.15, -0.1) is 0 Å². The summed E-state index contributed by atoms with van der Waals surface area (Å²) < 4.78 is 29.8. The van der Waals surface area contributed by atoms with Crippen molar-refractivity contribution < 1.29 is 17.8 Å². The summed E-state index contributed by atoms with van der Waals surface area (Å²) in [6.07, 6.45) is 0. The van der Waals surface area contributed by atoms with Crippen LogP contribution in [0.1, 0.15) is 15.9 Å². The number of hydrogen-bond donors (Lipinski definition) is 1. The van der Waals surface area contributed by atoms with Gasteiger partial charge in [0, 0.05) is 18.7 Å². The number of carbonyl (C=O) groups excluding carboxylic acids is 1. The molecule has 0 aromatic heterocycles. The predicted molar refractivity (Wildman–Crippen MR) is 57.6 cm³/mol. The summed E-state index contributed by atoms with van der Waals surface area (Å²) in [6, 6.07) is 7.15. The van der Waals surface area contributed by atoms with Crippen molar-refractivity contribution >= 4 is 16.0 Å². The number of benzene rings is 1. The summed E-state index contributed by atoms with van der Waals surface area (Å²) in [6.45, 7) is 0.427. The van der Waals surface area contributed by atoms with E-state index in [4.69, 9.17) is 4.55 Å². The van der Waals surface area contributed by atoms with Gasteiger partial charge in [-0.3, -0.25) is 9.35 Å². The first-order valence-electron chi connectivity index (χ1n) is 4.80. The van der Waals surface area contributed by atoms with Gasteiger partial charge in [-0.05, 0) is 11.6 Å². The van der Waals surface area contributed by atoms with Gasteiger partial charge < -0.3 is 4.90 Å². The van der Waals surface area contributed by atoms with Crippen LogP contribution in [0.4, 0.5) is 0 Å². The quantitative estimate of drug-likeness (QED) is 0.783. The molecule has 0 atom stereocenters. The van der Waals surface area contributed by atoms with Crippen LogP contribution < -0.4 is 0 Å². The van der Waals surface area contributed by atoms with Crippen molar-refractivity contribution in [2.24, 2.45) is 0 Å². The highest BCUT2D eigenvalue weighted by Gasteiger charge is 2.27. The van der Waals surface area contributed by atoms with Gasteiger partial charge in [-0.2, -0.15) is 8.42 Å². The molecule has 1 heterocycles. The lowest BCUT2D eigenvalue weighted by Gasteiger charge is -2.13. The molecule has 2 rings (SSSR count). The van der Waals surface area contributed by atoms with Crippen LogP contribution in [0.3, 0.4) is 0 Å². The Hall–Kier alpha value is -1.40. The van der Waals surface area contributed by atoms with E-state index in [9.17, 15) is 13.2 Å². The summed E-state index contributed by atoms with van der Waals surface area (Å²) in [5, 5.41) is 0. The van der Waals surface area contributed by atoms with E-state index in [0.717, 1.165) is 5.56 Å². The Morgan fingerprint density at radius 2 is 2.00 bits per heavy atom. The number of carbonyl (C=O) groups is 1. The summed E-state index contributed by atoms with van der Waals surface area (Å²) >= 11 is 0. The molecule has 0 saturated heterocycles. The van der Waals surface area contributed by atoms with Gasteiger partial charge in [0.2, 0.25) is 0 Å². The molecule has 0 radical (unpaired) electrons. The molecular formula is C10H11NO4S. The van der Waals surface area contributed by atoms with E-state index in [1.807, 2.05) is 12.1 Å². The zero-order valence-electron chi connectivity index (χ0n) is 8.46. The zero-order valence-corrected chi connectivity index (χ0v) is 9.27. The van der Waals surface area contributed by atoms with Gasteiger partial charge in [0.1, 0.15) is 0 Å². The number of rotatable bonds is 3. The van der Waals surface area contributed by atoms with E-state index in [2.05, 4.69) is 0 Å². The Kier molecular flexibility index (Phi) is 2.69. The summed E-state index contributed by atoms with van der Waals surface area (Å²) in [4.78, 5) is 13.2. The maximum atomic E-state index is 11.8. The topological polar surface area (TPSA) is 74.7 Å². The minimum Gasteiger partial charge on any atom is -0.333 e. The Balaban J connectivity index is 2.11. The Morgan fingerprint density at radius 3 is 2.62 bits per heavy atom. The first-order chi connectivity index (χ1) is 7.47. The van der Waals surface area contributed by atoms with Gasteiger partial charge in [0.25, 0.3) is 16.0 Å². The molecule has 5 nitrogen and oxygen atoms in total. The first-order valence-corrected chi connectivity index (χ1v) is 6.40. The zero-order chi connectivity index (χ0) is 11.8. The molecule has 1 aliphatic rings. The molecule has 0 aliphatic carbocycles. The largest absolute Gasteiger partial charge is 0.333 e. The third-order valence-electron chi connectivity index (χ3n) is 2.52. The molecule has 6 heteroatoms. The molecule has 0 spiro atoms. The molecule has 0 fully saturated rings. The van der Waals surface area contributed by atoms with Crippen molar-refractivity contribution in [1.29, 1.82) is 0 Å². The van der Waals surface area contributed by atoms with E-state index < -0.39 is 15.9 Å². The van der Waals surface area contributed by atoms with Crippen LogP contribution in [0.25, 0.3) is 0 Å². The molecule has 1 aromatic rings. The molecular weight excluding hydrogens is 230 g/mol. The molecule has 0 saturated carbocycles. The van der Waals surface area contributed by atoms with E-state index in [-0.39, 0.29) is 12.5 Å². The van der Waals surface area contributed by atoms with E-state index in [1.165, 1.54) is 4.90 Å². The molecule has 1 aromatic carbocycles.